The van der Waals surface area contributed by atoms with Gasteiger partial charge in [0.15, 0.2) is 0 Å². The molecule has 0 radical (unpaired) electrons. The maximum atomic E-state index is 11.5. The maximum Gasteiger partial charge on any atom is 0.233 e. The van der Waals surface area contributed by atoms with Crippen molar-refractivity contribution in [1.82, 2.24) is 10.6 Å². The second-order valence-corrected chi connectivity index (χ2v) is 6.33. The van der Waals surface area contributed by atoms with E-state index in [0.717, 1.165) is 11.0 Å². The van der Waals surface area contributed by atoms with Crippen molar-refractivity contribution in [1.29, 1.82) is 0 Å². The van der Waals surface area contributed by atoms with E-state index in [1.165, 1.54) is 4.88 Å². The number of carbonyl (C=O) groups excluding carboxylic acids is 1. The number of amides is 1. The van der Waals surface area contributed by atoms with Crippen molar-refractivity contribution in [2.75, 3.05) is 13.1 Å². The van der Waals surface area contributed by atoms with E-state index < -0.39 is 0 Å². The standard InChI is InChI=1S/C12H19BrN2OS/c1-8(2)5-15-12(16)6-14-9(3)11-4-10(13)7-17-11/h4,7-9,14H,5-6H2,1-3H3,(H,15,16). The van der Waals surface area contributed by atoms with Gasteiger partial charge < -0.3 is 10.6 Å². The van der Waals surface area contributed by atoms with E-state index >= 15 is 0 Å². The van der Waals surface area contributed by atoms with Crippen LogP contribution in [0.15, 0.2) is 15.9 Å². The molecule has 96 valence electrons. The van der Waals surface area contributed by atoms with E-state index in [4.69, 9.17) is 0 Å². The highest BCUT2D eigenvalue weighted by atomic mass is 79.9. The summed E-state index contributed by atoms with van der Waals surface area (Å²) in [6, 6.07) is 2.28. The summed E-state index contributed by atoms with van der Waals surface area (Å²) in [5, 5.41) is 8.15. The van der Waals surface area contributed by atoms with Crippen molar-refractivity contribution < 1.29 is 4.79 Å². The van der Waals surface area contributed by atoms with Crippen LogP contribution in [0.25, 0.3) is 0 Å². The molecule has 1 aromatic rings. The Morgan fingerprint density at radius 3 is 2.71 bits per heavy atom. The monoisotopic (exact) mass is 318 g/mol. The summed E-state index contributed by atoms with van der Waals surface area (Å²) >= 11 is 5.11. The van der Waals surface area contributed by atoms with Gasteiger partial charge >= 0.3 is 0 Å². The van der Waals surface area contributed by atoms with Gasteiger partial charge in [0.25, 0.3) is 0 Å². The fraction of sp³-hybridized carbons (Fsp3) is 0.583. The molecular weight excluding hydrogens is 300 g/mol. The molecule has 0 fully saturated rings. The van der Waals surface area contributed by atoms with Gasteiger partial charge in [-0.1, -0.05) is 13.8 Å². The van der Waals surface area contributed by atoms with Crippen LogP contribution in [0.1, 0.15) is 31.7 Å². The second-order valence-electron chi connectivity index (χ2n) is 4.47. The molecule has 1 atom stereocenters. The smallest absolute Gasteiger partial charge is 0.233 e. The van der Waals surface area contributed by atoms with E-state index in [-0.39, 0.29) is 11.9 Å². The fourth-order valence-electron chi connectivity index (χ4n) is 1.28. The van der Waals surface area contributed by atoms with Crippen molar-refractivity contribution >= 4 is 33.2 Å². The Morgan fingerprint density at radius 1 is 1.47 bits per heavy atom. The Kier molecular flexibility index (Phi) is 6.16. The van der Waals surface area contributed by atoms with Gasteiger partial charge in [0, 0.05) is 27.3 Å². The van der Waals surface area contributed by atoms with Gasteiger partial charge in [-0.25, -0.2) is 0 Å². The van der Waals surface area contributed by atoms with Crippen LogP contribution in [0.5, 0.6) is 0 Å². The van der Waals surface area contributed by atoms with E-state index in [0.29, 0.717) is 12.5 Å². The molecule has 0 spiro atoms. The molecule has 0 saturated heterocycles. The zero-order valence-electron chi connectivity index (χ0n) is 10.4. The van der Waals surface area contributed by atoms with E-state index in [9.17, 15) is 4.79 Å². The Balaban J connectivity index is 2.28. The SMILES string of the molecule is CC(C)CNC(=O)CNC(C)c1cc(Br)cs1. The number of carbonyl (C=O) groups is 1. The van der Waals surface area contributed by atoms with Crippen molar-refractivity contribution in [2.45, 2.75) is 26.8 Å². The van der Waals surface area contributed by atoms with Gasteiger partial charge in [-0.2, -0.15) is 0 Å². The Hall–Kier alpha value is -0.390. The van der Waals surface area contributed by atoms with Gasteiger partial charge in [-0.3, -0.25) is 4.79 Å². The van der Waals surface area contributed by atoms with Crippen LogP contribution < -0.4 is 10.6 Å². The molecule has 0 aromatic carbocycles. The van der Waals surface area contributed by atoms with E-state index in [1.54, 1.807) is 11.3 Å². The average molecular weight is 319 g/mol. The zero-order valence-corrected chi connectivity index (χ0v) is 12.8. The molecule has 0 bridgehead atoms. The minimum Gasteiger partial charge on any atom is -0.355 e. The first-order chi connectivity index (χ1) is 7.99. The maximum absolute atomic E-state index is 11.5. The summed E-state index contributed by atoms with van der Waals surface area (Å²) in [5.41, 5.74) is 0. The summed E-state index contributed by atoms with van der Waals surface area (Å²) < 4.78 is 1.09. The zero-order chi connectivity index (χ0) is 12.8. The summed E-state index contributed by atoms with van der Waals surface area (Å²) in [4.78, 5) is 12.7. The number of halogens is 1. The highest BCUT2D eigenvalue weighted by molar-refractivity contribution is 9.10. The van der Waals surface area contributed by atoms with Gasteiger partial charge in [-0.05, 0) is 34.8 Å². The molecule has 1 heterocycles. The van der Waals surface area contributed by atoms with Gasteiger partial charge in [0.2, 0.25) is 5.91 Å². The molecule has 17 heavy (non-hydrogen) atoms. The lowest BCUT2D eigenvalue weighted by Gasteiger charge is -2.12. The van der Waals surface area contributed by atoms with Gasteiger partial charge in [0.05, 0.1) is 6.54 Å². The van der Waals surface area contributed by atoms with E-state index in [2.05, 4.69) is 53.4 Å². The minimum atomic E-state index is 0.0566. The topological polar surface area (TPSA) is 41.1 Å². The number of hydrogen-bond acceptors (Lipinski definition) is 3. The van der Waals surface area contributed by atoms with Gasteiger partial charge in [-0.15, -0.1) is 11.3 Å². The second kappa shape index (κ2) is 7.13. The number of rotatable bonds is 6. The third-order valence-corrected chi connectivity index (χ3v) is 4.17. The molecule has 0 aliphatic heterocycles. The fourth-order valence-corrected chi connectivity index (χ4v) is 2.76. The number of thiophene rings is 1. The lowest BCUT2D eigenvalue weighted by molar-refractivity contribution is -0.120. The molecular formula is C12H19BrN2OS. The Morgan fingerprint density at radius 2 is 2.18 bits per heavy atom. The molecule has 0 saturated carbocycles. The van der Waals surface area contributed by atoms with Crippen LogP contribution in [0.4, 0.5) is 0 Å². The Labute approximate surface area is 115 Å². The van der Waals surface area contributed by atoms with Gasteiger partial charge in [0.1, 0.15) is 0 Å². The molecule has 2 N–H and O–H groups in total. The molecule has 1 aromatic heterocycles. The molecule has 1 amide bonds. The average Bonchev–Trinajstić information content (AvgIpc) is 2.70. The molecule has 5 heteroatoms. The highest BCUT2D eigenvalue weighted by Gasteiger charge is 2.09. The Bertz CT molecular complexity index is 365. The molecule has 3 nitrogen and oxygen atoms in total. The summed E-state index contributed by atoms with van der Waals surface area (Å²) in [7, 11) is 0. The number of hydrogen-bond donors (Lipinski definition) is 2. The third kappa shape index (κ3) is 5.66. The van der Waals surface area contributed by atoms with Crippen LogP contribution in [-0.2, 0) is 4.79 Å². The van der Waals surface area contributed by atoms with Crippen LogP contribution in [0.2, 0.25) is 0 Å². The predicted octanol–water partition coefficient (Wildman–Crippen LogP) is 2.93. The minimum absolute atomic E-state index is 0.0566. The lowest BCUT2D eigenvalue weighted by atomic mass is 10.2. The van der Waals surface area contributed by atoms with Crippen molar-refractivity contribution in [3.05, 3.63) is 20.8 Å². The largest absolute Gasteiger partial charge is 0.355 e. The first-order valence-electron chi connectivity index (χ1n) is 5.73. The molecule has 1 unspecified atom stereocenters. The van der Waals surface area contributed by atoms with Crippen LogP contribution >= 0.6 is 27.3 Å². The van der Waals surface area contributed by atoms with E-state index in [1.807, 2.05) is 5.38 Å². The van der Waals surface area contributed by atoms with Crippen molar-refractivity contribution in [3.63, 3.8) is 0 Å². The lowest BCUT2D eigenvalue weighted by Crippen LogP contribution is -2.36. The first-order valence-corrected chi connectivity index (χ1v) is 7.40. The summed E-state index contributed by atoms with van der Waals surface area (Å²) in [6.45, 7) is 7.33. The van der Waals surface area contributed by atoms with Crippen LogP contribution in [-0.4, -0.2) is 19.0 Å². The predicted molar refractivity (Wildman–Crippen MR) is 76.3 cm³/mol. The van der Waals surface area contributed by atoms with Crippen LogP contribution in [0.3, 0.4) is 0 Å². The van der Waals surface area contributed by atoms with Crippen molar-refractivity contribution in [2.24, 2.45) is 5.92 Å². The summed E-state index contributed by atoms with van der Waals surface area (Å²) in [6.07, 6.45) is 0. The quantitative estimate of drug-likeness (QED) is 0.846. The third-order valence-electron chi connectivity index (χ3n) is 2.29. The number of nitrogens with one attached hydrogen (secondary N) is 2. The molecule has 0 aliphatic rings. The normalized spacial score (nSPS) is 12.8. The first kappa shape index (κ1) is 14.7. The van der Waals surface area contributed by atoms with Crippen molar-refractivity contribution in [3.8, 4) is 0 Å². The molecule has 0 aliphatic carbocycles. The highest BCUT2D eigenvalue weighted by Crippen LogP contribution is 2.24. The summed E-state index contributed by atoms with van der Waals surface area (Å²) in [5.74, 6) is 0.547. The van der Waals surface area contributed by atoms with Crippen LogP contribution in [0, 0.1) is 5.92 Å². The molecule has 1 rings (SSSR count).